The van der Waals surface area contributed by atoms with E-state index in [2.05, 4.69) is 26.0 Å². The Morgan fingerprint density at radius 3 is 1.50 bits per heavy atom. The van der Waals surface area contributed by atoms with Gasteiger partial charge in [-0.1, -0.05) is 0 Å². The van der Waals surface area contributed by atoms with Crippen LogP contribution in [0.2, 0.25) is 0 Å². The molecule has 0 atom stereocenters. The van der Waals surface area contributed by atoms with E-state index in [1.807, 2.05) is 21.1 Å². The van der Waals surface area contributed by atoms with Crippen LogP contribution >= 0.6 is 0 Å². The Morgan fingerprint density at radius 1 is 1.00 bits per heavy atom. The third kappa shape index (κ3) is 50.0. The molecule has 0 unspecified atom stereocenters. The number of ketones is 1. The molecule has 0 aromatic carbocycles. The minimum atomic E-state index is 0.178. The molecule has 0 fully saturated rings. The monoisotopic (exact) mass is 236 g/mol. The fourth-order valence-electron chi connectivity index (χ4n) is 0.570. The van der Waals surface area contributed by atoms with E-state index in [-0.39, 0.29) is 5.78 Å². The molecular formula is C10H28N4O2. The Labute approximate surface area is 99.5 Å². The van der Waals surface area contributed by atoms with Gasteiger partial charge in [-0.3, -0.25) is 10.1 Å². The summed E-state index contributed by atoms with van der Waals surface area (Å²) < 4.78 is 4.58. The van der Waals surface area contributed by atoms with Gasteiger partial charge in [-0.25, -0.2) is 0 Å². The summed E-state index contributed by atoms with van der Waals surface area (Å²) >= 11 is 0. The topological polar surface area (TPSA) is 74.4 Å². The molecule has 0 amide bonds. The fourth-order valence-corrected chi connectivity index (χ4v) is 0.570. The molecule has 6 heteroatoms. The zero-order valence-corrected chi connectivity index (χ0v) is 11.4. The standard InChI is InChI=1S/C4H9NO.C3H10N2.C3H9NO/c1-4(6)3-5-2;2*1-4-3-5-2/h5H,3H2,1-2H3;4-5H,3H2,1-2H3;4H,3H2,1-2H3. The summed E-state index contributed by atoms with van der Waals surface area (Å²) in [6.45, 7) is 3.57. The van der Waals surface area contributed by atoms with Gasteiger partial charge in [-0.15, -0.1) is 0 Å². The number of carbonyl (C=O) groups excluding carboxylic acids is 1. The van der Waals surface area contributed by atoms with Gasteiger partial charge in [0.25, 0.3) is 0 Å². The lowest BCUT2D eigenvalue weighted by atomic mass is 10.5. The van der Waals surface area contributed by atoms with Crippen LogP contribution in [0, 0.1) is 0 Å². The average molecular weight is 236 g/mol. The second-order valence-electron chi connectivity index (χ2n) is 2.90. The van der Waals surface area contributed by atoms with Gasteiger partial charge in [0, 0.05) is 13.8 Å². The number of ether oxygens (including phenoxy) is 1. The first-order valence-electron chi connectivity index (χ1n) is 5.17. The number of nitrogens with one attached hydrogen (secondary N) is 4. The summed E-state index contributed by atoms with van der Waals surface area (Å²) in [7, 11) is 9.04. The molecule has 0 aliphatic rings. The van der Waals surface area contributed by atoms with Crippen molar-refractivity contribution in [3.8, 4) is 0 Å². The van der Waals surface area contributed by atoms with Crippen LogP contribution in [0.15, 0.2) is 0 Å². The van der Waals surface area contributed by atoms with Crippen molar-refractivity contribution < 1.29 is 9.53 Å². The average Bonchev–Trinajstić information content (AvgIpc) is 2.21. The molecule has 0 rings (SSSR count). The van der Waals surface area contributed by atoms with E-state index in [1.54, 1.807) is 21.1 Å². The first kappa shape index (κ1) is 20.8. The van der Waals surface area contributed by atoms with Gasteiger partial charge in [-0.2, -0.15) is 0 Å². The Balaban J connectivity index is -0.000000160. The Kier molecular flexibility index (Phi) is 31.2. The lowest BCUT2D eigenvalue weighted by Gasteiger charge is -1.88. The highest BCUT2D eigenvalue weighted by Gasteiger charge is 1.82. The molecule has 0 aliphatic carbocycles. The molecule has 100 valence electrons. The van der Waals surface area contributed by atoms with Crippen LogP contribution in [0.1, 0.15) is 6.92 Å². The van der Waals surface area contributed by atoms with Gasteiger partial charge in [0.05, 0.1) is 13.3 Å². The van der Waals surface area contributed by atoms with E-state index < -0.39 is 0 Å². The molecule has 0 bridgehead atoms. The highest BCUT2D eigenvalue weighted by atomic mass is 16.5. The number of likely N-dealkylation sites (N-methyl/N-ethyl adjacent to an activating group) is 1. The quantitative estimate of drug-likeness (QED) is 0.443. The first-order valence-corrected chi connectivity index (χ1v) is 5.17. The summed E-state index contributed by atoms with van der Waals surface area (Å²) in [5, 5.41) is 11.3. The minimum absolute atomic E-state index is 0.178. The van der Waals surface area contributed by atoms with Gasteiger partial charge >= 0.3 is 0 Å². The van der Waals surface area contributed by atoms with Gasteiger partial charge < -0.3 is 20.7 Å². The van der Waals surface area contributed by atoms with Crippen LogP contribution in [-0.4, -0.2) is 61.0 Å². The summed E-state index contributed by atoms with van der Waals surface area (Å²) in [6.07, 6.45) is 0. The van der Waals surface area contributed by atoms with Gasteiger partial charge in [0.2, 0.25) is 0 Å². The van der Waals surface area contributed by atoms with E-state index in [0.29, 0.717) is 13.3 Å². The Bertz CT molecular complexity index is 113. The molecule has 6 nitrogen and oxygen atoms in total. The van der Waals surface area contributed by atoms with E-state index in [0.717, 1.165) is 6.67 Å². The second kappa shape index (κ2) is 24.0. The number of rotatable bonds is 6. The molecule has 0 saturated carbocycles. The number of carbonyl (C=O) groups is 1. The zero-order valence-electron chi connectivity index (χ0n) is 11.4. The SMILES string of the molecule is CNCC(C)=O.CNCNC.CNCOC. The molecule has 0 radical (unpaired) electrons. The van der Waals surface area contributed by atoms with Crippen LogP contribution < -0.4 is 21.3 Å². The van der Waals surface area contributed by atoms with Gasteiger partial charge in [-0.05, 0) is 35.1 Å². The number of methoxy groups -OCH3 is 1. The van der Waals surface area contributed by atoms with Crippen LogP contribution in [0.3, 0.4) is 0 Å². The minimum Gasteiger partial charge on any atom is -0.370 e. The number of hydrogen-bond donors (Lipinski definition) is 4. The second-order valence-corrected chi connectivity index (χ2v) is 2.90. The smallest absolute Gasteiger partial charge is 0.143 e. The molecule has 16 heavy (non-hydrogen) atoms. The molecule has 0 aliphatic heterocycles. The van der Waals surface area contributed by atoms with Crippen LogP contribution in [0.4, 0.5) is 0 Å². The predicted octanol–water partition coefficient (Wildman–Crippen LogP) is -1.01. The summed E-state index contributed by atoms with van der Waals surface area (Å²) in [6, 6.07) is 0. The van der Waals surface area contributed by atoms with Crippen LogP contribution in [0.5, 0.6) is 0 Å². The van der Waals surface area contributed by atoms with Gasteiger partial charge in [0.1, 0.15) is 5.78 Å². The molecular weight excluding hydrogens is 208 g/mol. The molecule has 0 saturated heterocycles. The first-order chi connectivity index (χ1) is 7.60. The third-order valence-corrected chi connectivity index (χ3v) is 1.07. The lowest BCUT2D eigenvalue weighted by molar-refractivity contribution is -0.116. The van der Waals surface area contributed by atoms with Crippen molar-refractivity contribution in [2.24, 2.45) is 0 Å². The molecule has 0 heterocycles. The van der Waals surface area contributed by atoms with Crippen molar-refractivity contribution in [1.82, 2.24) is 21.3 Å². The molecule has 0 spiro atoms. The summed E-state index contributed by atoms with van der Waals surface area (Å²) in [4.78, 5) is 9.98. The Morgan fingerprint density at radius 2 is 1.50 bits per heavy atom. The molecule has 0 aromatic heterocycles. The fraction of sp³-hybridized carbons (Fsp3) is 0.900. The molecule has 4 N–H and O–H groups in total. The maximum atomic E-state index is 9.98. The van der Waals surface area contributed by atoms with E-state index >= 15 is 0 Å². The van der Waals surface area contributed by atoms with Crippen LogP contribution in [0.25, 0.3) is 0 Å². The van der Waals surface area contributed by atoms with Crippen molar-refractivity contribution in [3.63, 3.8) is 0 Å². The lowest BCUT2D eigenvalue weighted by Crippen LogP contribution is -2.21. The maximum absolute atomic E-state index is 9.98. The van der Waals surface area contributed by atoms with E-state index in [4.69, 9.17) is 0 Å². The largest absolute Gasteiger partial charge is 0.370 e. The van der Waals surface area contributed by atoms with Crippen molar-refractivity contribution in [2.75, 3.05) is 55.2 Å². The molecule has 0 aromatic rings. The van der Waals surface area contributed by atoms with Crippen molar-refractivity contribution in [1.29, 1.82) is 0 Å². The highest BCUT2D eigenvalue weighted by Crippen LogP contribution is 1.57. The van der Waals surface area contributed by atoms with Crippen molar-refractivity contribution >= 4 is 5.78 Å². The normalized spacial score (nSPS) is 8.38. The number of hydrogen-bond acceptors (Lipinski definition) is 6. The van der Waals surface area contributed by atoms with E-state index in [1.165, 1.54) is 0 Å². The highest BCUT2D eigenvalue weighted by molar-refractivity contribution is 5.77. The van der Waals surface area contributed by atoms with Crippen molar-refractivity contribution in [3.05, 3.63) is 0 Å². The Hall–Kier alpha value is -0.530. The zero-order chi connectivity index (χ0) is 13.2. The number of Topliss-reactive ketones (excluding diaryl/α,β-unsaturated/α-hetero) is 1. The van der Waals surface area contributed by atoms with Gasteiger partial charge in [0.15, 0.2) is 0 Å². The predicted molar refractivity (Wildman–Crippen MR) is 68.5 cm³/mol. The van der Waals surface area contributed by atoms with Crippen LogP contribution in [-0.2, 0) is 9.53 Å². The third-order valence-electron chi connectivity index (χ3n) is 1.07. The summed E-state index contributed by atoms with van der Waals surface area (Å²) in [5.74, 6) is 0.178. The van der Waals surface area contributed by atoms with E-state index in [9.17, 15) is 4.79 Å². The van der Waals surface area contributed by atoms with Crippen molar-refractivity contribution in [2.45, 2.75) is 6.92 Å². The maximum Gasteiger partial charge on any atom is 0.143 e. The summed E-state index contributed by atoms with van der Waals surface area (Å²) in [5.41, 5.74) is 0.